The van der Waals surface area contributed by atoms with Crippen LogP contribution in [-0.4, -0.2) is 29.2 Å². The molecule has 0 saturated carbocycles. The van der Waals surface area contributed by atoms with E-state index in [1.807, 2.05) is 0 Å². The van der Waals surface area contributed by atoms with Gasteiger partial charge in [-0.1, -0.05) is 0 Å². The number of carboxylic acid groups (broad SMARTS) is 1. The smallest absolute Gasteiger partial charge is 0.336 e. The molecule has 0 bridgehead atoms. The van der Waals surface area contributed by atoms with Gasteiger partial charge in [0.05, 0.1) is 23.7 Å². The van der Waals surface area contributed by atoms with Gasteiger partial charge in [0.25, 0.3) is 0 Å². The summed E-state index contributed by atoms with van der Waals surface area (Å²) in [6, 6.07) is 2.17. The summed E-state index contributed by atoms with van der Waals surface area (Å²) in [5.41, 5.74) is -0.631. The van der Waals surface area contributed by atoms with Gasteiger partial charge in [-0.2, -0.15) is 0 Å². The highest BCUT2D eigenvalue weighted by Crippen LogP contribution is 2.38. The summed E-state index contributed by atoms with van der Waals surface area (Å²) < 4.78 is 10.3. The minimum Gasteiger partial charge on any atom is -0.490 e. The Morgan fingerprint density at radius 2 is 1.94 bits per heavy atom. The van der Waals surface area contributed by atoms with Crippen LogP contribution in [0, 0.1) is 10.1 Å². The maximum absolute atomic E-state index is 10.9. The van der Waals surface area contributed by atoms with E-state index in [9.17, 15) is 14.9 Å². The first-order valence-corrected chi connectivity index (χ1v) is 5.32. The molecule has 0 aromatic heterocycles. The van der Waals surface area contributed by atoms with Crippen LogP contribution in [0.4, 0.5) is 5.69 Å². The van der Waals surface area contributed by atoms with Gasteiger partial charge in [-0.25, -0.2) is 4.79 Å². The normalized spacial score (nSPS) is 9.89. The molecule has 0 aliphatic heterocycles. The molecule has 0 atom stereocenters. The summed E-state index contributed by atoms with van der Waals surface area (Å²) in [5.74, 6) is -1.25. The fourth-order valence-corrected chi connectivity index (χ4v) is 1.40. The van der Waals surface area contributed by atoms with Crippen LogP contribution in [0.25, 0.3) is 0 Å². The van der Waals surface area contributed by atoms with Gasteiger partial charge in [0.1, 0.15) is 0 Å². The third kappa shape index (κ3) is 2.88. The number of benzene rings is 1. The third-order valence-corrected chi connectivity index (χ3v) is 2.07. The van der Waals surface area contributed by atoms with E-state index in [1.165, 1.54) is 6.07 Å². The number of nitro groups is 1. The van der Waals surface area contributed by atoms with E-state index < -0.39 is 16.6 Å². The Morgan fingerprint density at radius 1 is 1.33 bits per heavy atom. The van der Waals surface area contributed by atoms with E-state index in [2.05, 4.69) is 0 Å². The van der Waals surface area contributed by atoms with Gasteiger partial charge in [-0.05, 0) is 19.9 Å². The lowest BCUT2D eigenvalue weighted by molar-refractivity contribution is -0.386. The largest absolute Gasteiger partial charge is 0.490 e. The van der Waals surface area contributed by atoms with Crippen molar-refractivity contribution in [1.82, 2.24) is 0 Å². The second kappa shape index (κ2) is 5.85. The molecule has 1 N–H and O–H groups in total. The number of nitro benzene ring substituents is 1. The summed E-state index contributed by atoms with van der Waals surface area (Å²) in [7, 11) is 0. The molecule has 0 aliphatic rings. The summed E-state index contributed by atoms with van der Waals surface area (Å²) in [6.07, 6.45) is 0. The fourth-order valence-electron chi connectivity index (χ4n) is 1.40. The zero-order valence-corrected chi connectivity index (χ0v) is 10.0. The average Bonchev–Trinajstić information content (AvgIpc) is 2.30. The quantitative estimate of drug-likeness (QED) is 0.617. The van der Waals surface area contributed by atoms with Crippen molar-refractivity contribution in [2.75, 3.05) is 13.2 Å². The highest BCUT2D eigenvalue weighted by molar-refractivity contribution is 5.90. The van der Waals surface area contributed by atoms with Crippen molar-refractivity contribution in [2.24, 2.45) is 0 Å². The number of nitrogens with zero attached hydrogens (tertiary/aromatic N) is 1. The number of carboxylic acids is 1. The van der Waals surface area contributed by atoms with Crippen LogP contribution in [0.15, 0.2) is 12.1 Å². The van der Waals surface area contributed by atoms with Crippen molar-refractivity contribution in [1.29, 1.82) is 0 Å². The van der Waals surface area contributed by atoms with Crippen molar-refractivity contribution in [3.8, 4) is 11.5 Å². The van der Waals surface area contributed by atoms with E-state index in [0.29, 0.717) is 0 Å². The Morgan fingerprint density at radius 3 is 2.39 bits per heavy atom. The van der Waals surface area contributed by atoms with Crippen molar-refractivity contribution >= 4 is 11.7 Å². The second-order valence-corrected chi connectivity index (χ2v) is 3.25. The second-order valence-electron chi connectivity index (χ2n) is 3.25. The Bertz CT molecular complexity index is 471. The van der Waals surface area contributed by atoms with Crippen molar-refractivity contribution in [3.63, 3.8) is 0 Å². The van der Waals surface area contributed by atoms with Crippen LogP contribution in [-0.2, 0) is 0 Å². The molecule has 1 aromatic rings. The van der Waals surface area contributed by atoms with E-state index in [1.54, 1.807) is 13.8 Å². The molecule has 1 aromatic carbocycles. The monoisotopic (exact) mass is 255 g/mol. The molecule has 0 radical (unpaired) electrons. The van der Waals surface area contributed by atoms with Crippen molar-refractivity contribution in [2.45, 2.75) is 13.8 Å². The molecule has 7 nitrogen and oxygen atoms in total. The lowest BCUT2D eigenvalue weighted by Crippen LogP contribution is -2.05. The van der Waals surface area contributed by atoms with Gasteiger partial charge >= 0.3 is 11.7 Å². The topological polar surface area (TPSA) is 98.9 Å². The molecule has 7 heteroatoms. The maximum atomic E-state index is 10.9. The Labute approximate surface area is 103 Å². The van der Waals surface area contributed by atoms with Gasteiger partial charge < -0.3 is 14.6 Å². The molecule has 18 heavy (non-hydrogen) atoms. The van der Waals surface area contributed by atoms with Crippen molar-refractivity contribution in [3.05, 3.63) is 27.8 Å². The molecule has 0 heterocycles. The Balaban J connectivity index is 3.43. The van der Waals surface area contributed by atoms with E-state index >= 15 is 0 Å². The van der Waals surface area contributed by atoms with Crippen LogP contribution in [0.3, 0.4) is 0 Å². The van der Waals surface area contributed by atoms with Gasteiger partial charge in [0.15, 0.2) is 5.75 Å². The highest BCUT2D eigenvalue weighted by atomic mass is 16.6. The number of carbonyl (C=O) groups is 1. The number of hydrogen-bond donors (Lipinski definition) is 1. The standard InChI is InChI=1S/C11H13NO6/c1-3-17-9-6-7(11(13)14)5-8(12(15)16)10(9)18-4-2/h5-6H,3-4H2,1-2H3,(H,13,14). The lowest BCUT2D eigenvalue weighted by Gasteiger charge is -2.11. The molecular formula is C11H13NO6. The summed E-state index contributed by atoms with van der Waals surface area (Å²) in [6.45, 7) is 3.83. The first-order chi connectivity index (χ1) is 8.51. The van der Waals surface area contributed by atoms with Crippen LogP contribution in [0.5, 0.6) is 11.5 Å². The molecular weight excluding hydrogens is 242 g/mol. The predicted octanol–water partition coefficient (Wildman–Crippen LogP) is 2.09. The summed E-state index contributed by atoms with van der Waals surface area (Å²) in [5, 5.41) is 19.8. The summed E-state index contributed by atoms with van der Waals surface area (Å²) >= 11 is 0. The Hall–Kier alpha value is -2.31. The summed E-state index contributed by atoms with van der Waals surface area (Å²) in [4.78, 5) is 21.1. The SMILES string of the molecule is CCOc1cc(C(=O)O)cc([N+](=O)[O-])c1OCC. The number of aromatic carboxylic acids is 1. The van der Waals surface area contributed by atoms with Crippen LogP contribution in [0.2, 0.25) is 0 Å². The van der Waals surface area contributed by atoms with E-state index in [4.69, 9.17) is 14.6 Å². The van der Waals surface area contributed by atoms with Crippen LogP contribution >= 0.6 is 0 Å². The van der Waals surface area contributed by atoms with Crippen molar-refractivity contribution < 1.29 is 24.3 Å². The molecule has 0 aliphatic carbocycles. The highest BCUT2D eigenvalue weighted by Gasteiger charge is 2.24. The first-order valence-electron chi connectivity index (χ1n) is 5.32. The molecule has 0 unspecified atom stereocenters. The molecule has 98 valence electrons. The van der Waals surface area contributed by atoms with Gasteiger partial charge in [0, 0.05) is 6.07 Å². The minimum absolute atomic E-state index is 0.0469. The average molecular weight is 255 g/mol. The minimum atomic E-state index is -1.26. The number of hydrogen-bond acceptors (Lipinski definition) is 5. The zero-order chi connectivity index (χ0) is 13.7. The van der Waals surface area contributed by atoms with Gasteiger partial charge in [-0.3, -0.25) is 10.1 Å². The number of rotatable bonds is 6. The van der Waals surface area contributed by atoms with Gasteiger partial charge in [-0.15, -0.1) is 0 Å². The zero-order valence-electron chi connectivity index (χ0n) is 10.0. The van der Waals surface area contributed by atoms with Crippen LogP contribution < -0.4 is 9.47 Å². The predicted molar refractivity (Wildman–Crippen MR) is 62.4 cm³/mol. The maximum Gasteiger partial charge on any atom is 0.336 e. The number of ether oxygens (including phenoxy) is 2. The molecule has 0 spiro atoms. The lowest BCUT2D eigenvalue weighted by atomic mass is 10.1. The molecule has 0 fully saturated rings. The third-order valence-electron chi connectivity index (χ3n) is 2.07. The molecule has 1 rings (SSSR count). The Kier molecular flexibility index (Phi) is 4.47. The van der Waals surface area contributed by atoms with E-state index in [-0.39, 0.29) is 30.3 Å². The van der Waals surface area contributed by atoms with Gasteiger partial charge in [0.2, 0.25) is 5.75 Å². The van der Waals surface area contributed by atoms with E-state index in [0.717, 1.165) is 6.07 Å². The fraction of sp³-hybridized carbons (Fsp3) is 0.364. The molecule has 0 saturated heterocycles. The molecule has 0 amide bonds. The first kappa shape index (κ1) is 13.8. The van der Waals surface area contributed by atoms with Crippen LogP contribution in [0.1, 0.15) is 24.2 Å².